The molecular weight excluding hydrogens is 248 g/mol. The van der Waals surface area contributed by atoms with Gasteiger partial charge in [0.05, 0.1) is 0 Å². The maximum atomic E-state index is 13.4. The van der Waals surface area contributed by atoms with Gasteiger partial charge in [-0.2, -0.15) is 0 Å². The molecule has 1 aromatic heterocycles. The molecule has 0 atom stereocenters. The van der Waals surface area contributed by atoms with Gasteiger partial charge in [0.2, 0.25) is 0 Å². The first-order valence-electron chi connectivity index (χ1n) is 5.99. The number of aryl methyl sites for hydroxylation is 1. The van der Waals surface area contributed by atoms with E-state index in [-0.39, 0.29) is 17.8 Å². The third-order valence-corrected chi connectivity index (χ3v) is 2.81. The van der Waals surface area contributed by atoms with Gasteiger partial charge in [-0.3, -0.25) is 9.78 Å². The molecule has 0 fully saturated rings. The van der Waals surface area contributed by atoms with Crippen molar-refractivity contribution in [1.82, 2.24) is 4.98 Å². The lowest BCUT2D eigenvalue weighted by Crippen LogP contribution is -2.06. The van der Waals surface area contributed by atoms with Gasteiger partial charge in [0.15, 0.2) is 0 Å². The van der Waals surface area contributed by atoms with Crippen molar-refractivity contribution in [2.45, 2.75) is 19.3 Å². The molecule has 0 amide bonds. The molecule has 0 spiro atoms. The van der Waals surface area contributed by atoms with Crippen LogP contribution < -0.4 is 0 Å². The molecule has 0 unspecified atom stereocenters. The molecule has 1 aromatic carbocycles. The van der Waals surface area contributed by atoms with Gasteiger partial charge in [-0.1, -0.05) is 6.07 Å². The van der Waals surface area contributed by atoms with Gasteiger partial charge < -0.3 is 0 Å². The molecule has 0 aliphatic heterocycles. The zero-order chi connectivity index (χ0) is 13.7. The Morgan fingerprint density at radius 1 is 1.21 bits per heavy atom. The minimum atomic E-state index is -0.545. The highest BCUT2D eigenvalue weighted by atomic mass is 19.1. The summed E-state index contributed by atoms with van der Waals surface area (Å²) in [4.78, 5) is 15.7. The zero-order valence-electron chi connectivity index (χ0n) is 10.3. The second-order valence-corrected chi connectivity index (χ2v) is 4.31. The third-order valence-electron chi connectivity index (χ3n) is 2.81. The predicted molar refractivity (Wildman–Crippen MR) is 67.6 cm³/mol. The highest BCUT2D eigenvalue weighted by molar-refractivity contribution is 5.81. The van der Waals surface area contributed by atoms with Crippen LogP contribution in [0.25, 0.3) is 0 Å². The van der Waals surface area contributed by atoms with E-state index >= 15 is 0 Å². The first-order valence-corrected chi connectivity index (χ1v) is 5.99. The number of carbonyl (C=O) groups is 1. The Labute approximate surface area is 110 Å². The average molecular weight is 261 g/mol. The number of ketones is 1. The molecule has 0 aliphatic carbocycles. The summed E-state index contributed by atoms with van der Waals surface area (Å²) in [7, 11) is 0. The topological polar surface area (TPSA) is 30.0 Å². The number of hydrogen-bond donors (Lipinski definition) is 0. The minimum Gasteiger partial charge on any atom is -0.299 e. The van der Waals surface area contributed by atoms with Crippen molar-refractivity contribution in [2.75, 3.05) is 0 Å². The van der Waals surface area contributed by atoms with E-state index in [1.165, 1.54) is 0 Å². The Balaban J connectivity index is 1.93. The lowest BCUT2D eigenvalue weighted by molar-refractivity contribution is -0.118. The Hall–Kier alpha value is -2.10. The summed E-state index contributed by atoms with van der Waals surface area (Å²) in [5, 5.41) is 0. The summed E-state index contributed by atoms with van der Waals surface area (Å²) in [6.07, 6.45) is 4.12. The van der Waals surface area contributed by atoms with Crippen molar-refractivity contribution < 1.29 is 13.6 Å². The van der Waals surface area contributed by atoms with Crippen LogP contribution in [0.15, 0.2) is 42.7 Å². The molecule has 19 heavy (non-hydrogen) atoms. The molecule has 0 saturated carbocycles. The lowest BCUT2D eigenvalue weighted by Gasteiger charge is -2.03. The Morgan fingerprint density at radius 2 is 2.05 bits per heavy atom. The van der Waals surface area contributed by atoms with Crippen LogP contribution in [0.4, 0.5) is 8.78 Å². The molecule has 0 saturated heterocycles. The largest absolute Gasteiger partial charge is 0.299 e. The molecule has 4 heteroatoms. The van der Waals surface area contributed by atoms with Crippen molar-refractivity contribution in [1.29, 1.82) is 0 Å². The van der Waals surface area contributed by atoms with Crippen LogP contribution in [0.3, 0.4) is 0 Å². The van der Waals surface area contributed by atoms with Crippen LogP contribution in [-0.2, 0) is 17.6 Å². The number of halogens is 2. The molecule has 2 rings (SSSR count). The van der Waals surface area contributed by atoms with Crippen molar-refractivity contribution in [3.63, 3.8) is 0 Å². The molecule has 0 radical (unpaired) electrons. The van der Waals surface area contributed by atoms with E-state index in [1.807, 2.05) is 6.07 Å². The summed E-state index contributed by atoms with van der Waals surface area (Å²) in [5.41, 5.74) is 1.06. The van der Waals surface area contributed by atoms with E-state index < -0.39 is 11.6 Å². The van der Waals surface area contributed by atoms with Crippen LogP contribution in [-0.4, -0.2) is 10.8 Å². The average Bonchev–Trinajstić information content (AvgIpc) is 2.42. The van der Waals surface area contributed by atoms with Crippen molar-refractivity contribution in [2.24, 2.45) is 0 Å². The molecule has 0 bridgehead atoms. The highest BCUT2D eigenvalue weighted by Crippen LogP contribution is 2.12. The first kappa shape index (κ1) is 13.3. The monoisotopic (exact) mass is 261 g/mol. The fourth-order valence-corrected chi connectivity index (χ4v) is 1.81. The standard InChI is InChI=1S/C15H13F2NO/c16-13-4-6-15(17)12(8-13)9-14(19)5-3-11-2-1-7-18-10-11/h1-2,4,6-8,10H,3,5,9H2. The molecule has 0 aliphatic rings. The number of pyridine rings is 1. The van der Waals surface area contributed by atoms with Gasteiger partial charge in [-0.25, -0.2) is 8.78 Å². The van der Waals surface area contributed by atoms with Crippen molar-refractivity contribution in [3.8, 4) is 0 Å². The Morgan fingerprint density at radius 3 is 2.79 bits per heavy atom. The SMILES string of the molecule is O=C(CCc1cccnc1)Cc1cc(F)ccc1F. The van der Waals surface area contributed by atoms with Gasteiger partial charge >= 0.3 is 0 Å². The van der Waals surface area contributed by atoms with Gasteiger partial charge in [0, 0.05) is 25.2 Å². The molecule has 0 N–H and O–H groups in total. The van der Waals surface area contributed by atoms with E-state index in [1.54, 1.807) is 18.5 Å². The number of aromatic nitrogens is 1. The highest BCUT2D eigenvalue weighted by Gasteiger charge is 2.09. The van der Waals surface area contributed by atoms with Gasteiger partial charge in [-0.15, -0.1) is 0 Å². The maximum Gasteiger partial charge on any atom is 0.137 e. The predicted octanol–water partition coefficient (Wildman–Crippen LogP) is 3.10. The second-order valence-electron chi connectivity index (χ2n) is 4.31. The third kappa shape index (κ3) is 3.95. The molecule has 2 nitrogen and oxygen atoms in total. The van der Waals surface area contributed by atoms with E-state index in [0.717, 1.165) is 23.8 Å². The van der Waals surface area contributed by atoms with Crippen molar-refractivity contribution in [3.05, 3.63) is 65.5 Å². The molecule has 2 aromatic rings. The number of nitrogens with zero attached hydrogens (tertiary/aromatic N) is 1. The molecular formula is C15H13F2NO. The minimum absolute atomic E-state index is 0.0795. The lowest BCUT2D eigenvalue weighted by atomic mass is 10.0. The quantitative estimate of drug-likeness (QED) is 0.827. The summed E-state index contributed by atoms with van der Waals surface area (Å²) in [6.45, 7) is 0. The van der Waals surface area contributed by atoms with Crippen LogP contribution >= 0.6 is 0 Å². The summed E-state index contributed by atoms with van der Waals surface area (Å²) in [6, 6.07) is 6.82. The Kier molecular flexibility index (Phi) is 4.34. The smallest absolute Gasteiger partial charge is 0.137 e. The number of Topliss-reactive ketones (excluding diaryl/α,β-unsaturated/α-hetero) is 1. The molecule has 1 heterocycles. The summed E-state index contributed by atoms with van der Waals surface area (Å²) >= 11 is 0. The van der Waals surface area contributed by atoms with E-state index in [2.05, 4.69) is 4.98 Å². The normalized spacial score (nSPS) is 10.4. The number of carbonyl (C=O) groups excluding carboxylic acids is 1. The number of hydrogen-bond acceptors (Lipinski definition) is 2. The van der Waals surface area contributed by atoms with Gasteiger partial charge in [-0.05, 0) is 41.8 Å². The fraction of sp³-hybridized carbons (Fsp3) is 0.200. The molecule has 98 valence electrons. The number of benzene rings is 1. The van der Waals surface area contributed by atoms with Crippen LogP contribution in [0.2, 0.25) is 0 Å². The first-order chi connectivity index (χ1) is 9.15. The summed E-state index contributed by atoms with van der Waals surface area (Å²) in [5.74, 6) is -1.19. The summed E-state index contributed by atoms with van der Waals surface area (Å²) < 4.78 is 26.3. The van der Waals surface area contributed by atoms with Crippen LogP contribution in [0.5, 0.6) is 0 Å². The van der Waals surface area contributed by atoms with Gasteiger partial charge in [0.25, 0.3) is 0 Å². The van der Waals surface area contributed by atoms with Crippen LogP contribution in [0, 0.1) is 11.6 Å². The van der Waals surface area contributed by atoms with Crippen LogP contribution in [0.1, 0.15) is 17.5 Å². The maximum absolute atomic E-state index is 13.4. The van der Waals surface area contributed by atoms with Crippen molar-refractivity contribution >= 4 is 5.78 Å². The van der Waals surface area contributed by atoms with E-state index in [4.69, 9.17) is 0 Å². The number of rotatable bonds is 5. The van der Waals surface area contributed by atoms with Gasteiger partial charge in [0.1, 0.15) is 17.4 Å². The fourth-order valence-electron chi connectivity index (χ4n) is 1.81. The zero-order valence-corrected chi connectivity index (χ0v) is 10.3. The Bertz CT molecular complexity index is 570. The van der Waals surface area contributed by atoms with E-state index in [9.17, 15) is 13.6 Å². The van der Waals surface area contributed by atoms with E-state index in [0.29, 0.717) is 12.8 Å². The second kappa shape index (κ2) is 6.18.